The van der Waals surface area contributed by atoms with Crippen molar-refractivity contribution in [2.45, 2.75) is 13.8 Å². The number of rotatable bonds is 7. The summed E-state index contributed by atoms with van der Waals surface area (Å²) in [5, 5.41) is 3.25. The van der Waals surface area contributed by atoms with E-state index in [9.17, 15) is 4.79 Å². The minimum absolute atomic E-state index is 0.00264. The van der Waals surface area contributed by atoms with Gasteiger partial charge in [0.25, 0.3) is 5.91 Å². The number of nitrogens with zero attached hydrogens (tertiary/aromatic N) is 5. The van der Waals surface area contributed by atoms with E-state index >= 15 is 0 Å². The van der Waals surface area contributed by atoms with Crippen LogP contribution in [0.4, 0.5) is 17.5 Å². The second kappa shape index (κ2) is 10.2. The number of pyridine rings is 1. The van der Waals surface area contributed by atoms with E-state index in [4.69, 9.17) is 9.47 Å². The summed E-state index contributed by atoms with van der Waals surface area (Å²) in [6, 6.07) is 13.1. The van der Waals surface area contributed by atoms with Gasteiger partial charge in [-0.25, -0.2) is 15.0 Å². The van der Waals surface area contributed by atoms with Gasteiger partial charge in [0.05, 0.1) is 7.11 Å². The molecule has 1 N–H and O–H groups in total. The number of aromatic nitrogens is 3. The molecule has 0 aliphatic carbocycles. The summed E-state index contributed by atoms with van der Waals surface area (Å²) in [5.41, 5.74) is 1.12. The zero-order chi connectivity index (χ0) is 23.2. The summed E-state index contributed by atoms with van der Waals surface area (Å²) in [4.78, 5) is 30.0. The topological polar surface area (TPSA) is 92.7 Å². The van der Waals surface area contributed by atoms with Gasteiger partial charge in [-0.15, -0.1) is 0 Å². The number of carbonyl (C=O) groups excluding carboxylic acids is 1. The van der Waals surface area contributed by atoms with E-state index in [1.165, 1.54) is 0 Å². The molecule has 1 amide bonds. The van der Waals surface area contributed by atoms with Crippen molar-refractivity contribution in [3.8, 4) is 11.5 Å². The van der Waals surface area contributed by atoms with Gasteiger partial charge in [-0.2, -0.15) is 0 Å². The molecular formula is C24H28N6O3. The van der Waals surface area contributed by atoms with Gasteiger partial charge >= 0.3 is 0 Å². The fraction of sp³-hybridized carbons (Fsp3) is 0.333. The number of amides is 1. The van der Waals surface area contributed by atoms with Crippen molar-refractivity contribution in [3.63, 3.8) is 0 Å². The number of aryl methyl sites for hydroxylation is 2. The van der Waals surface area contributed by atoms with Crippen molar-refractivity contribution in [1.29, 1.82) is 0 Å². The lowest BCUT2D eigenvalue weighted by Gasteiger charge is -2.35. The van der Waals surface area contributed by atoms with Crippen molar-refractivity contribution >= 4 is 23.4 Å². The van der Waals surface area contributed by atoms with Gasteiger partial charge in [0, 0.05) is 44.5 Å². The van der Waals surface area contributed by atoms with Gasteiger partial charge in [-0.05, 0) is 43.7 Å². The molecule has 9 heteroatoms. The van der Waals surface area contributed by atoms with E-state index in [0.29, 0.717) is 49.3 Å². The first-order valence-electron chi connectivity index (χ1n) is 10.8. The number of hydrogen-bond acceptors (Lipinski definition) is 8. The standard InChI is InChI=1S/C24H28N6O3/c1-17-7-8-25-21(13-17)28-22-15-23(27-18(2)26-22)29-9-11-30(12-10-29)24(31)16-33-20-6-4-5-19(14-20)32-3/h4-8,13-15H,9-12,16H2,1-3H3,(H,25,26,27,28). The van der Waals surface area contributed by atoms with E-state index in [2.05, 4.69) is 25.2 Å². The quantitative estimate of drug-likeness (QED) is 0.590. The Bertz CT molecular complexity index is 1110. The second-order valence-corrected chi connectivity index (χ2v) is 7.84. The predicted molar refractivity (Wildman–Crippen MR) is 126 cm³/mol. The van der Waals surface area contributed by atoms with E-state index in [-0.39, 0.29) is 12.5 Å². The average Bonchev–Trinajstić information content (AvgIpc) is 2.82. The molecule has 0 unspecified atom stereocenters. The Morgan fingerprint density at radius 3 is 2.55 bits per heavy atom. The molecule has 3 aromatic rings. The van der Waals surface area contributed by atoms with E-state index in [1.807, 2.05) is 55.1 Å². The van der Waals surface area contributed by atoms with Crippen LogP contribution in [-0.2, 0) is 4.79 Å². The van der Waals surface area contributed by atoms with E-state index in [1.54, 1.807) is 19.4 Å². The van der Waals surface area contributed by atoms with Gasteiger partial charge in [0.1, 0.15) is 34.8 Å². The highest BCUT2D eigenvalue weighted by Crippen LogP contribution is 2.21. The van der Waals surface area contributed by atoms with Crippen LogP contribution >= 0.6 is 0 Å². The minimum atomic E-state index is -0.0378. The molecule has 9 nitrogen and oxygen atoms in total. The number of nitrogens with one attached hydrogen (secondary N) is 1. The summed E-state index contributed by atoms with van der Waals surface area (Å²) in [6.45, 7) is 6.46. The molecule has 2 aromatic heterocycles. The lowest BCUT2D eigenvalue weighted by molar-refractivity contribution is -0.133. The molecule has 0 saturated carbocycles. The molecule has 3 heterocycles. The molecule has 33 heavy (non-hydrogen) atoms. The third-order valence-electron chi connectivity index (χ3n) is 5.36. The number of carbonyl (C=O) groups is 1. The molecule has 0 radical (unpaired) electrons. The maximum Gasteiger partial charge on any atom is 0.260 e. The van der Waals surface area contributed by atoms with Crippen LogP contribution in [0.5, 0.6) is 11.5 Å². The first-order valence-corrected chi connectivity index (χ1v) is 10.8. The van der Waals surface area contributed by atoms with Gasteiger partial charge in [-0.3, -0.25) is 4.79 Å². The van der Waals surface area contributed by atoms with Crippen LogP contribution in [0.25, 0.3) is 0 Å². The zero-order valence-corrected chi connectivity index (χ0v) is 19.1. The number of anilines is 3. The highest BCUT2D eigenvalue weighted by Gasteiger charge is 2.23. The molecule has 1 aliphatic heterocycles. The normalized spacial score (nSPS) is 13.5. The van der Waals surface area contributed by atoms with Crippen LogP contribution in [0.15, 0.2) is 48.7 Å². The fourth-order valence-corrected chi connectivity index (χ4v) is 3.63. The first-order chi connectivity index (χ1) is 16.0. The molecule has 1 aliphatic rings. The van der Waals surface area contributed by atoms with Crippen molar-refractivity contribution in [2.75, 3.05) is 50.1 Å². The third-order valence-corrected chi connectivity index (χ3v) is 5.36. The lowest BCUT2D eigenvalue weighted by atomic mass is 10.3. The molecule has 172 valence electrons. The number of methoxy groups -OCH3 is 1. The van der Waals surface area contributed by atoms with Crippen molar-refractivity contribution in [2.24, 2.45) is 0 Å². The van der Waals surface area contributed by atoms with Gasteiger partial charge < -0.3 is 24.6 Å². The molecule has 1 saturated heterocycles. The van der Waals surface area contributed by atoms with Crippen molar-refractivity contribution in [3.05, 3.63) is 60.0 Å². The molecule has 0 bridgehead atoms. The van der Waals surface area contributed by atoms with Gasteiger partial charge in [0.2, 0.25) is 0 Å². The molecular weight excluding hydrogens is 420 g/mol. The Balaban J connectivity index is 1.33. The smallest absolute Gasteiger partial charge is 0.260 e. The summed E-state index contributed by atoms with van der Waals surface area (Å²) in [6.07, 6.45) is 1.76. The molecule has 0 spiro atoms. The molecule has 1 aromatic carbocycles. The average molecular weight is 449 g/mol. The van der Waals surface area contributed by atoms with Crippen LogP contribution in [0.2, 0.25) is 0 Å². The van der Waals surface area contributed by atoms with Crippen molar-refractivity contribution < 1.29 is 14.3 Å². The van der Waals surface area contributed by atoms with Crippen molar-refractivity contribution in [1.82, 2.24) is 19.9 Å². The molecule has 1 fully saturated rings. The maximum atomic E-state index is 12.6. The van der Waals surface area contributed by atoms with Crippen LogP contribution in [0, 0.1) is 13.8 Å². The monoisotopic (exact) mass is 448 g/mol. The lowest BCUT2D eigenvalue weighted by Crippen LogP contribution is -2.50. The summed E-state index contributed by atoms with van der Waals surface area (Å²) < 4.78 is 10.8. The van der Waals surface area contributed by atoms with Crippen LogP contribution in [0.3, 0.4) is 0 Å². The Kier molecular flexibility index (Phi) is 6.87. The van der Waals surface area contributed by atoms with Crippen LogP contribution in [0.1, 0.15) is 11.4 Å². The Hall–Kier alpha value is -3.88. The van der Waals surface area contributed by atoms with Gasteiger partial charge in [-0.1, -0.05) is 6.07 Å². The van der Waals surface area contributed by atoms with Crippen LogP contribution < -0.4 is 19.7 Å². The molecule has 0 atom stereocenters. The highest BCUT2D eigenvalue weighted by atomic mass is 16.5. The van der Waals surface area contributed by atoms with Crippen LogP contribution in [-0.4, -0.2) is 65.7 Å². The summed E-state index contributed by atoms with van der Waals surface area (Å²) >= 11 is 0. The number of piperazine rings is 1. The maximum absolute atomic E-state index is 12.6. The third kappa shape index (κ3) is 5.88. The Morgan fingerprint density at radius 2 is 1.79 bits per heavy atom. The second-order valence-electron chi connectivity index (χ2n) is 7.84. The number of benzene rings is 1. The predicted octanol–water partition coefficient (Wildman–Crippen LogP) is 2.97. The summed E-state index contributed by atoms with van der Waals surface area (Å²) in [7, 11) is 1.60. The number of hydrogen-bond donors (Lipinski definition) is 1. The summed E-state index contributed by atoms with van der Waals surface area (Å²) in [5.74, 6) is 4.21. The van der Waals surface area contributed by atoms with E-state index < -0.39 is 0 Å². The van der Waals surface area contributed by atoms with Gasteiger partial charge in [0.15, 0.2) is 6.61 Å². The fourth-order valence-electron chi connectivity index (χ4n) is 3.63. The molecule has 4 rings (SSSR count). The Labute approximate surface area is 193 Å². The van der Waals surface area contributed by atoms with E-state index in [0.717, 1.165) is 17.2 Å². The number of ether oxygens (including phenoxy) is 2. The minimum Gasteiger partial charge on any atom is -0.497 e. The highest BCUT2D eigenvalue weighted by molar-refractivity contribution is 5.78. The Morgan fingerprint density at radius 1 is 1.00 bits per heavy atom. The SMILES string of the molecule is COc1cccc(OCC(=O)N2CCN(c3cc(Nc4cc(C)ccn4)nc(C)n3)CC2)c1. The first kappa shape index (κ1) is 22.3. The largest absolute Gasteiger partial charge is 0.497 e. The zero-order valence-electron chi connectivity index (χ0n) is 19.1.